The fraction of sp³-hybridized carbons (Fsp3) is 0.600. The van der Waals surface area contributed by atoms with E-state index in [1.807, 2.05) is 6.92 Å². The topological polar surface area (TPSA) is 21.3 Å². The van der Waals surface area contributed by atoms with E-state index < -0.39 is 0 Å². The van der Waals surface area contributed by atoms with Gasteiger partial charge in [-0.15, -0.1) is 0 Å². The van der Waals surface area contributed by atoms with Gasteiger partial charge in [0.25, 0.3) is 0 Å². The molecule has 1 N–H and O–H groups in total. The van der Waals surface area contributed by atoms with E-state index in [9.17, 15) is 0 Å². The van der Waals surface area contributed by atoms with Gasteiger partial charge in [-0.1, -0.05) is 19.1 Å². The molecule has 1 aromatic rings. The molecule has 0 spiro atoms. The van der Waals surface area contributed by atoms with Crippen LogP contribution in [0.4, 0.5) is 0 Å². The number of hydrogen-bond acceptors (Lipinski definition) is 2. The number of ether oxygens (including phenoxy) is 1. The lowest BCUT2D eigenvalue weighted by atomic mass is 10.0. The van der Waals surface area contributed by atoms with Crippen molar-refractivity contribution in [3.8, 4) is 5.75 Å². The molecule has 0 saturated heterocycles. The summed E-state index contributed by atoms with van der Waals surface area (Å²) in [5, 5.41) is 3.51. The minimum atomic E-state index is 0.547. The quantitative estimate of drug-likeness (QED) is 0.813. The summed E-state index contributed by atoms with van der Waals surface area (Å²) < 4.78 is 5.77. The molecule has 0 aliphatic carbocycles. The Morgan fingerprint density at radius 1 is 1.24 bits per heavy atom. The molecule has 0 aliphatic heterocycles. The van der Waals surface area contributed by atoms with Crippen LogP contribution in [0.3, 0.4) is 0 Å². The Hall–Kier alpha value is -1.02. The van der Waals surface area contributed by atoms with Crippen molar-refractivity contribution in [1.82, 2.24) is 5.32 Å². The molecule has 0 bridgehead atoms. The number of aryl methyl sites for hydroxylation is 1. The molecular weight excluding hydrogens is 210 g/mol. The van der Waals surface area contributed by atoms with Crippen molar-refractivity contribution in [2.75, 3.05) is 6.61 Å². The van der Waals surface area contributed by atoms with Crippen LogP contribution in [-0.2, 0) is 6.54 Å². The van der Waals surface area contributed by atoms with Gasteiger partial charge in [0.15, 0.2) is 0 Å². The predicted octanol–water partition coefficient (Wildman–Crippen LogP) is 3.59. The van der Waals surface area contributed by atoms with Crippen LogP contribution < -0.4 is 10.1 Å². The Balaban J connectivity index is 2.86. The van der Waals surface area contributed by atoms with Crippen molar-refractivity contribution in [3.05, 3.63) is 28.8 Å². The summed E-state index contributed by atoms with van der Waals surface area (Å²) in [7, 11) is 0. The maximum absolute atomic E-state index is 5.77. The molecule has 0 aromatic heterocycles. The van der Waals surface area contributed by atoms with E-state index in [0.717, 1.165) is 25.3 Å². The fourth-order valence-corrected chi connectivity index (χ4v) is 1.76. The molecule has 0 radical (unpaired) electrons. The van der Waals surface area contributed by atoms with Gasteiger partial charge < -0.3 is 10.1 Å². The summed E-state index contributed by atoms with van der Waals surface area (Å²) in [6.07, 6.45) is 1.15. The average molecular weight is 235 g/mol. The van der Waals surface area contributed by atoms with Crippen LogP contribution in [0.5, 0.6) is 5.75 Å². The number of hydrogen-bond donors (Lipinski definition) is 1. The van der Waals surface area contributed by atoms with Crippen molar-refractivity contribution >= 4 is 0 Å². The highest BCUT2D eigenvalue weighted by atomic mass is 16.5. The second-order valence-corrected chi connectivity index (χ2v) is 4.62. The SMILES string of the molecule is CCOc1c(CNC(C)CC)ccc(C)c1C. The Morgan fingerprint density at radius 2 is 1.94 bits per heavy atom. The number of benzene rings is 1. The highest BCUT2D eigenvalue weighted by Gasteiger charge is 2.09. The molecule has 1 rings (SSSR count). The zero-order chi connectivity index (χ0) is 12.8. The molecule has 1 unspecified atom stereocenters. The highest BCUT2D eigenvalue weighted by Crippen LogP contribution is 2.26. The predicted molar refractivity (Wildman–Crippen MR) is 73.7 cm³/mol. The lowest BCUT2D eigenvalue weighted by Crippen LogP contribution is -2.24. The smallest absolute Gasteiger partial charge is 0.126 e. The highest BCUT2D eigenvalue weighted by molar-refractivity contribution is 5.45. The number of nitrogens with one attached hydrogen (secondary N) is 1. The third-order valence-corrected chi connectivity index (χ3v) is 3.30. The summed E-state index contributed by atoms with van der Waals surface area (Å²) >= 11 is 0. The molecule has 1 atom stereocenters. The molecule has 0 aliphatic rings. The van der Waals surface area contributed by atoms with Gasteiger partial charge >= 0.3 is 0 Å². The Bertz CT molecular complexity index is 360. The van der Waals surface area contributed by atoms with Gasteiger partial charge in [0.2, 0.25) is 0 Å². The summed E-state index contributed by atoms with van der Waals surface area (Å²) in [5.74, 6) is 1.06. The van der Waals surface area contributed by atoms with Crippen molar-refractivity contribution in [2.45, 2.75) is 53.6 Å². The first kappa shape index (κ1) is 14.0. The summed E-state index contributed by atoms with van der Waals surface area (Å²) in [5.41, 5.74) is 3.81. The lowest BCUT2D eigenvalue weighted by molar-refractivity contribution is 0.332. The first-order valence-corrected chi connectivity index (χ1v) is 6.55. The standard InChI is InChI=1S/C15H25NO/c1-6-12(4)16-10-14-9-8-11(3)13(5)15(14)17-7-2/h8-9,12,16H,6-7,10H2,1-5H3. The van der Waals surface area contributed by atoms with Crippen LogP contribution in [0.15, 0.2) is 12.1 Å². The molecule has 2 nitrogen and oxygen atoms in total. The normalized spacial score (nSPS) is 12.5. The van der Waals surface area contributed by atoms with E-state index in [2.05, 4.69) is 45.1 Å². The van der Waals surface area contributed by atoms with Gasteiger partial charge in [-0.25, -0.2) is 0 Å². The molecule has 0 heterocycles. The second-order valence-electron chi connectivity index (χ2n) is 4.62. The molecule has 0 fully saturated rings. The van der Waals surface area contributed by atoms with Crippen molar-refractivity contribution < 1.29 is 4.74 Å². The van der Waals surface area contributed by atoms with Crippen LogP contribution >= 0.6 is 0 Å². The number of rotatable bonds is 6. The van der Waals surface area contributed by atoms with Gasteiger partial charge in [-0.2, -0.15) is 0 Å². The summed E-state index contributed by atoms with van der Waals surface area (Å²) in [4.78, 5) is 0. The minimum Gasteiger partial charge on any atom is -0.493 e. The van der Waals surface area contributed by atoms with E-state index in [1.54, 1.807) is 0 Å². The van der Waals surface area contributed by atoms with Crippen LogP contribution in [0.25, 0.3) is 0 Å². The first-order valence-electron chi connectivity index (χ1n) is 6.55. The van der Waals surface area contributed by atoms with E-state index in [1.165, 1.54) is 16.7 Å². The van der Waals surface area contributed by atoms with Crippen LogP contribution in [0.1, 0.15) is 43.9 Å². The molecule has 96 valence electrons. The molecule has 1 aromatic carbocycles. The van der Waals surface area contributed by atoms with Gasteiger partial charge in [0.05, 0.1) is 6.61 Å². The van der Waals surface area contributed by atoms with E-state index >= 15 is 0 Å². The molecule has 17 heavy (non-hydrogen) atoms. The Labute approximate surface area is 105 Å². The Morgan fingerprint density at radius 3 is 2.53 bits per heavy atom. The van der Waals surface area contributed by atoms with Crippen LogP contribution in [0, 0.1) is 13.8 Å². The van der Waals surface area contributed by atoms with E-state index in [-0.39, 0.29) is 0 Å². The minimum absolute atomic E-state index is 0.547. The Kier molecular flexibility index (Phi) is 5.49. The van der Waals surface area contributed by atoms with E-state index in [4.69, 9.17) is 4.74 Å². The largest absolute Gasteiger partial charge is 0.493 e. The van der Waals surface area contributed by atoms with E-state index in [0.29, 0.717) is 6.04 Å². The fourth-order valence-electron chi connectivity index (χ4n) is 1.76. The van der Waals surface area contributed by atoms with Crippen LogP contribution in [-0.4, -0.2) is 12.6 Å². The van der Waals surface area contributed by atoms with Crippen LogP contribution in [0.2, 0.25) is 0 Å². The maximum atomic E-state index is 5.77. The summed E-state index contributed by atoms with van der Waals surface area (Å²) in [6.45, 7) is 12.3. The molecule has 2 heteroatoms. The monoisotopic (exact) mass is 235 g/mol. The first-order chi connectivity index (χ1) is 8.10. The van der Waals surface area contributed by atoms with Gasteiger partial charge in [0, 0.05) is 18.2 Å². The van der Waals surface area contributed by atoms with Crippen molar-refractivity contribution in [2.24, 2.45) is 0 Å². The average Bonchev–Trinajstić information content (AvgIpc) is 2.33. The van der Waals surface area contributed by atoms with Crippen molar-refractivity contribution in [1.29, 1.82) is 0 Å². The van der Waals surface area contributed by atoms with Gasteiger partial charge in [-0.3, -0.25) is 0 Å². The van der Waals surface area contributed by atoms with Gasteiger partial charge in [0.1, 0.15) is 5.75 Å². The zero-order valence-electron chi connectivity index (χ0n) is 11.8. The maximum Gasteiger partial charge on any atom is 0.126 e. The second kappa shape index (κ2) is 6.65. The lowest BCUT2D eigenvalue weighted by Gasteiger charge is -2.17. The third kappa shape index (κ3) is 3.74. The molecule has 0 amide bonds. The zero-order valence-corrected chi connectivity index (χ0v) is 11.8. The van der Waals surface area contributed by atoms with Crippen molar-refractivity contribution in [3.63, 3.8) is 0 Å². The summed E-state index contributed by atoms with van der Waals surface area (Å²) in [6, 6.07) is 4.89. The molecule has 0 saturated carbocycles. The third-order valence-electron chi connectivity index (χ3n) is 3.30. The van der Waals surface area contributed by atoms with Gasteiger partial charge in [-0.05, 0) is 45.2 Å². The molecular formula is C15H25NO.